The Bertz CT molecular complexity index is 392. The van der Waals surface area contributed by atoms with Gasteiger partial charge >= 0.3 is 6.03 Å². The SMILES string of the molecule is CN(C)C(=O)N1CCC(C(=O)NC2CCCCC2CN)CC1. The van der Waals surface area contributed by atoms with Crippen LogP contribution in [0.5, 0.6) is 0 Å². The molecule has 0 aromatic carbocycles. The van der Waals surface area contributed by atoms with Gasteiger partial charge in [0.2, 0.25) is 5.91 Å². The molecular weight excluding hydrogens is 280 g/mol. The highest BCUT2D eigenvalue weighted by Crippen LogP contribution is 2.25. The van der Waals surface area contributed by atoms with Crippen LogP contribution in [0.25, 0.3) is 0 Å². The summed E-state index contributed by atoms with van der Waals surface area (Å²) >= 11 is 0. The largest absolute Gasteiger partial charge is 0.353 e. The van der Waals surface area contributed by atoms with Crippen molar-refractivity contribution >= 4 is 11.9 Å². The summed E-state index contributed by atoms with van der Waals surface area (Å²) in [6, 6.07) is 0.280. The molecule has 1 aliphatic carbocycles. The van der Waals surface area contributed by atoms with Crippen molar-refractivity contribution in [3.63, 3.8) is 0 Å². The van der Waals surface area contributed by atoms with Crippen LogP contribution in [0.4, 0.5) is 4.79 Å². The lowest BCUT2D eigenvalue weighted by molar-refractivity contribution is -0.127. The fraction of sp³-hybridized carbons (Fsp3) is 0.875. The summed E-state index contributed by atoms with van der Waals surface area (Å²) in [4.78, 5) is 27.8. The molecular formula is C16H30N4O2. The number of carbonyl (C=O) groups is 2. The minimum Gasteiger partial charge on any atom is -0.353 e. The van der Waals surface area contributed by atoms with Crippen LogP contribution in [-0.2, 0) is 4.79 Å². The Morgan fingerprint density at radius 2 is 1.77 bits per heavy atom. The summed E-state index contributed by atoms with van der Waals surface area (Å²) in [6.45, 7) is 1.99. The van der Waals surface area contributed by atoms with Crippen molar-refractivity contribution in [1.29, 1.82) is 0 Å². The van der Waals surface area contributed by atoms with E-state index < -0.39 is 0 Å². The van der Waals surface area contributed by atoms with Crippen molar-refractivity contribution in [3.8, 4) is 0 Å². The number of urea groups is 1. The van der Waals surface area contributed by atoms with Gasteiger partial charge in [-0.3, -0.25) is 4.79 Å². The van der Waals surface area contributed by atoms with Crippen LogP contribution >= 0.6 is 0 Å². The minimum absolute atomic E-state index is 0.0339. The predicted octanol–water partition coefficient (Wildman–Crippen LogP) is 1.01. The van der Waals surface area contributed by atoms with E-state index in [0.717, 1.165) is 25.7 Å². The molecule has 6 nitrogen and oxygen atoms in total. The molecule has 1 heterocycles. The number of nitrogens with two attached hydrogens (primary N) is 1. The summed E-state index contributed by atoms with van der Waals surface area (Å²) in [7, 11) is 3.52. The maximum absolute atomic E-state index is 12.5. The third kappa shape index (κ3) is 4.12. The lowest BCUT2D eigenvalue weighted by atomic mass is 9.84. The van der Waals surface area contributed by atoms with E-state index in [1.807, 2.05) is 4.90 Å². The van der Waals surface area contributed by atoms with Gasteiger partial charge in [0.05, 0.1) is 0 Å². The van der Waals surface area contributed by atoms with Crippen molar-refractivity contribution in [1.82, 2.24) is 15.1 Å². The van der Waals surface area contributed by atoms with Gasteiger partial charge in [-0.1, -0.05) is 12.8 Å². The number of likely N-dealkylation sites (tertiary alicyclic amines) is 1. The number of amides is 3. The molecule has 2 fully saturated rings. The summed E-state index contributed by atoms with van der Waals surface area (Å²) in [5.74, 6) is 0.613. The predicted molar refractivity (Wildman–Crippen MR) is 86.3 cm³/mol. The van der Waals surface area contributed by atoms with Gasteiger partial charge in [-0.15, -0.1) is 0 Å². The van der Waals surface area contributed by atoms with Crippen LogP contribution < -0.4 is 11.1 Å². The molecule has 0 radical (unpaired) electrons. The van der Waals surface area contributed by atoms with Crippen LogP contribution in [0, 0.1) is 11.8 Å². The standard InChI is InChI=1S/C16H30N4O2/c1-19(2)16(22)20-9-7-12(8-10-20)15(21)18-14-6-4-3-5-13(14)11-17/h12-14H,3-11,17H2,1-2H3,(H,18,21). The zero-order valence-corrected chi connectivity index (χ0v) is 13.9. The van der Waals surface area contributed by atoms with Gasteiger partial charge in [0, 0.05) is 39.1 Å². The Balaban J connectivity index is 1.81. The summed E-state index contributed by atoms with van der Waals surface area (Å²) < 4.78 is 0. The zero-order chi connectivity index (χ0) is 16.1. The average molecular weight is 310 g/mol. The Morgan fingerprint density at radius 1 is 1.14 bits per heavy atom. The number of hydrogen-bond acceptors (Lipinski definition) is 3. The van der Waals surface area contributed by atoms with Crippen LogP contribution in [0.2, 0.25) is 0 Å². The maximum Gasteiger partial charge on any atom is 0.319 e. The molecule has 3 N–H and O–H groups in total. The molecule has 0 aromatic heterocycles. The van der Waals surface area contributed by atoms with Crippen LogP contribution in [0.15, 0.2) is 0 Å². The zero-order valence-electron chi connectivity index (χ0n) is 13.9. The Kier molecular flexibility index (Phi) is 6.06. The molecule has 3 amide bonds. The summed E-state index contributed by atoms with van der Waals surface area (Å²) in [5, 5.41) is 3.22. The highest BCUT2D eigenvalue weighted by molar-refractivity contribution is 5.80. The molecule has 22 heavy (non-hydrogen) atoms. The first kappa shape index (κ1) is 17.1. The van der Waals surface area contributed by atoms with E-state index >= 15 is 0 Å². The summed E-state index contributed by atoms with van der Waals surface area (Å²) in [6.07, 6.45) is 6.08. The molecule has 1 saturated carbocycles. The van der Waals surface area contributed by atoms with E-state index in [-0.39, 0.29) is 23.9 Å². The second kappa shape index (κ2) is 7.81. The van der Waals surface area contributed by atoms with Gasteiger partial charge in [-0.05, 0) is 38.1 Å². The number of hydrogen-bond donors (Lipinski definition) is 2. The lowest BCUT2D eigenvalue weighted by Gasteiger charge is -2.35. The van der Waals surface area contributed by atoms with E-state index in [1.54, 1.807) is 19.0 Å². The average Bonchev–Trinajstić information content (AvgIpc) is 2.54. The number of nitrogens with zero attached hydrogens (tertiary/aromatic N) is 2. The molecule has 2 atom stereocenters. The third-order valence-electron chi connectivity index (χ3n) is 5.06. The molecule has 2 unspecified atom stereocenters. The second-order valence-corrected chi connectivity index (χ2v) is 6.83. The van der Waals surface area contributed by atoms with Crippen molar-refractivity contribution in [3.05, 3.63) is 0 Å². The van der Waals surface area contributed by atoms with Crippen molar-refractivity contribution in [2.24, 2.45) is 17.6 Å². The van der Waals surface area contributed by atoms with Gasteiger partial charge in [-0.25, -0.2) is 4.79 Å². The highest BCUT2D eigenvalue weighted by Gasteiger charge is 2.31. The fourth-order valence-electron chi connectivity index (χ4n) is 3.60. The molecule has 0 bridgehead atoms. The third-order valence-corrected chi connectivity index (χ3v) is 5.06. The lowest BCUT2D eigenvalue weighted by Crippen LogP contribution is -2.50. The first-order chi connectivity index (χ1) is 10.5. The van der Waals surface area contributed by atoms with E-state index in [9.17, 15) is 9.59 Å². The molecule has 1 aliphatic heterocycles. The first-order valence-electron chi connectivity index (χ1n) is 8.49. The summed E-state index contributed by atoms with van der Waals surface area (Å²) in [5.41, 5.74) is 5.83. The molecule has 6 heteroatoms. The van der Waals surface area contributed by atoms with Gasteiger partial charge in [-0.2, -0.15) is 0 Å². The molecule has 2 rings (SSSR count). The van der Waals surface area contributed by atoms with Gasteiger partial charge in [0.25, 0.3) is 0 Å². The first-order valence-corrected chi connectivity index (χ1v) is 8.49. The van der Waals surface area contributed by atoms with Crippen molar-refractivity contribution in [2.75, 3.05) is 33.7 Å². The quantitative estimate of drug-likeness (QED) is 0.816. The monoisotopic (exact) mass is 310 g/mol. The second-order valence-electron chi connectivity index (χ2n) is 6.83. The molecule has 126 valence electrons. The van der Waals surface area contributed by atoms with Crippen LogP contribution in [0.3, 0.4) is 0 Å². The maximum atomic E-state index is 12.5. The van der Waals surface area contributed by atoms with Crippen molar-refractivity contribution < 1.29 is 9.59 Å². The minimum atomic E-state index is 0.0339. The Morgan fingerprint density at radius 3 is 2.36 bits per heavy atom. The van der Waals surface area contributed by atoms with Crippen molar-refractivity contribution in [2.45, 2.75) is 44.6 Å². The smallest absolute Gasteiger partial charge is 0.319 e. The normalized spacial score (nSPS) is 26.6. The number of rotatable bonds is 3. The van der Waals surface area contributed by atoms with E-state index in [0.29, 0.717) is 25.6 Å². The van der Waals surface area contributed by atoms with Crippen LogP contribution in [0.1, 0.15) is 38.5 Å². The van der Waals surface area contributed by atoms with E-state index in [4.69, 9.17) is 5.73 Å². The van der Waals surface area contributed by atoms with Gasteiger partial charge < -0.3 is 20.9 Å². The number of carbonyl (C=O) groups excluding carboxylic acids is 2. The molecule has 0 spiro atoms. The van der Waals surface area contributed by atoms with Crippen LogP contribution in [-0.4, -0.2) is 61.5 Å². The topological polar surface area (TPSA) is 78.7 Å². The van der Waals surface area contributed by atoms with E-state index in [1.165, 1.54) is 12.8 Å². The fourth-order valence-corrected chi connectivity index (χ4v) is 3.60. The highest BCUT2D eigenvalue weighted by atomic mass is 16.2. The number of piperidine rings is 1. The molecule has 0 aromatic rings. The van der Waals surface area contributed by atoms with Gasteiger partial charge in [0.15, 0.2) is 0 Å². The number of nitrogens with one attached hydrogen (secondary N) is 1. The van der Waals surface area contributed by atoms with Gasteiger partial charge in [0.1, 0.15) is 0 Å². The Hall–Kier alpha value is -1.30. The molecule has 1 saturated heterocycles. The van der Waals surface area contributed by atoms with E-state index in [2.05, 4.69) is 5.32 Å². The Labute approximate surface area is 133 Å². The molecule has 2 aliphatic rings.